The Morgan fingerprint density at radius 1 is 1.48 bits per heavy atom. The molecule has 0 saturated carbocycles. The van der Waals surface area contributed by atoms with Crippen molar-refractivity contribution in [3.63, 3.8) is 0 Å². The third-order valence-electron chi connectivity index (χ3n) is 3.46. The van der Waals surface area contributed by atoms with Crippen LogP contribution < -0.4 is 10.6 Å². The smallest absolute Gasteiger partial charge is 0.293 e. The average molecular weight is 313 g/mol. The molecule has 0 aromatic heterocycles. The van der Waals surface area contributed by atoms with Gasteiger partial charge in [0.2, 0.25) is 5.91 Å². The Balaban J connectivity index is 2.54. The van der Waals surface area contributed by atoms with Gasteiger partial charge in [-0.3, -0.25) is 14.9 Å². The van der Waals surface area contributed by atoms with E-state index in [0.717, 1.165) is 12.3 Å². The van der Waals surface area contributed by atoms with Gasteiger partial charge in [0.15, 0.2) is 9.84 Å². The highest BCUT2D eigenvalue weighted by Gasteiger charge is 2.33. The monoisotopic (exact) mass is 313 g/mol. The average Bonchev–Trinajstić information content (AvgIpc) is 2.85. The Morgan fingerprint density at radius 2 is 2.14 bits per heavy atom. The molecule has 1 heterocycles. The van der Waals surface area contributed by atoms with Crippen LogP contribution in [0.15, 0.2) is 23.1 Å². The Hall–Kier alpha value is -2.16. The Bertz CT molecular complexity index is 701. The molecule has 0 aliphatic carbocycles. The number of nitro benzene ring substituents is 1. The Morgan fingerprint density at radius 3 is 2.67 bits per heavy atom. The van der Waals surface area contributed by atoms with Crippen LogP contribution in [0, 0.1) is 10.1 Å². The van der Waals surface area contributed by atoms with Crippen molar-refractivity contribution in [2.24, 2.45) is 5.73 Å². The predicted molar refractivity (Wildman–Crippen MR) is 75.8 cm³/mol. The second-order valence-corrected chi connectivity index (χ2v) is 6.95. The Kier molecular flexibility index (Phi) is 3.86. The van der Waals surface area contributed by atoms with Gasteiger partial charge >= 0.3 is 0 Å². The lowest BCUT2D eigenvalue weighted by molar-refractivity contribution is -0.384. The fourth-order valence-electron chi connectivity index (χ4n) is 2.47. The first kappa shape index (κ1) is 15.2. The normalized spacial score (nSPS) is 18.7. The maximum absolute atomic E-state index is 11.5. The van der Waals surface area contributed by atoms with Crippen LogP contribution in [0.1, 0.15) is 12.8 Å². The van der Waals surface area contributed by atoms with E-state index in [1.165, 1.54) is 12.1 Å². The van der Waals surface area contributed by atoms with Gasteiger partial charge < -0.3 is 10.6 Å². The van der Waals surface area contributed by atoms with Crippen molar-refractivity contribution < 1.29 is 18.1 Å². The molecule has 1 unspecified atom stereocenters. The third-order valence-corrected chi connectivity index (χ3v) is 4.57. The van der Waals surface area contributed by atoms with Gasteiger partial charge in [0.1, 0.15) is 11.7 Å². The third kappa shape index (κ3) is 2.97. The topological polar surface area (TPSA) is 124 Å². The molecule has 2 rings (SSSR count). The highest BCUT2D eigenvalue weighted by molar-refractivity contribution is 7.90. The van der Waals surface area contributed by atoms with E-state index in [1.807, 2.05) is 0 Å². The van der Waals surface area contributed by atoms with Crippen LogP contribution in [-0.2, 0) is 14.6 Å². The summed E-state index contributed by atoms with van der Waals surface area (Å²) in [5.41, 5.74) is 5.18. The van der Waals surface area contributed by atoms with E-state index in [-0.39, 0.29) is 16.3 Å². The molecule has 21 heavy (non-hydrogen) atoms. The zero-order chi connectivity index (χ0) is 15.8. The highest BCUT2D eigenvalue weighted by atomic mass is 32.2. The summed E-state index contributed by atoms with van der Waals surface area (Å²) in [6.07, 6.45) is 2.20. The standard InChI is InChI=1S/C12H15N3O5S/c1-21(19,20)8-4-5-9(11(7-8)15(17)18)14-6-2-3-10(14)12(13)16/h4-5,7,10H,2-3,6H2,1H3,(H2,13,16). The van der Waals surface area contributed by atoms with Crippen LogP contribution in [0.2, 0.25) is 0 Å². The molecule has 1 saturated heterocycles. The molecule has 1 aromatic carbocycles. The SMILES string of the molecule is CS(=O)(=O)c1ccc(N2CCCC2C(N)=O)c([N+](=O)[O-])c1. The van der Waals surface area contributed by atoms with Gasteiger partial charge in [-0.05, 0) is 25.0 Å². The van der Waals surface area contributed by atoms with E-state index < -0.39 is 26.7 Å². The van der Waals surface area contributed by atoms with Crippen molar-refractivity contribution >= 4 is 27.1 Å². The summed E-state index contributed by atoms with van der Waals surface area (Å²) < 4.78 is 23.0. The number of hydrogen-bond donors (Lipinski definition) is 1. The van der Waals surface area contributed by atoms with Gasteiger partial charge in [-0.1, -0.05) is 0 Å². The first-order valence-electron chi connectivity index (χ1n) is 6.26. The second kappa shape index (κ2) is 5.32. The highest BCUT2D eigenvalue weighted by Crippen LogP contribution is 2.35. The summed E-state index contributed by atoms with van der Waals surface area (Å²) in [4.78, 5) is 23.4. The molecule has 9 heteroatoms. The van der Waals surface area contributed by atoms with Crippen LogP contribution >= 0.6 is 0 Å². The fraction of sp³-hybridized carbons (Fsp3) is 0.417. The first-order valence-corrected chi connectivity index (χ1v) is 8.15. The summed E-state index contributed by atoms with van der Waals surface area (Å²) in [6.45, 7) is 0.465. The fourth-order valence-corrected chi connectivity index (χ4v) is 3.11. The van der Waals surface area contributed by atoms with Gasteiger partial charge in [-0.2, -0.15) is 0 Å². The predicted octanol–water partition coefficient (Wildman–Crippen LogP) is 0.452. The van der Waals surface area contributed by atoms with Gasteiger partial charge in [-0.25, -0.2) is 8.42 Å². The quantitative estimate of drug-likeness (QED) is 0.636. The van der Waals surface area contributed by atoms with Crippen molar-refractivity contribution in [1.29, 1.82) is 0 Å². The summed E-state index contributed by atoms with van der Waals surface area (Å²) >= 11 is 0. The van der Waals surface area contributed by atoms with Crippen LogP contribution in [0.4, 0.5) is 11.4 Å². The van der Waals surface area contributed by atoms with Crippen molar-refractivity contribution in [2.45, 2.75) is 23.8 Å². The van der Waals surface area contributed by atoms with Crippen LogP contribution in [0.5, 0.6) is 0 Å². The lowest BCUT2D eigenvalue weighted by Gasteiger charge is -2.24. The lowest BCUT2D eigenvalue weighted by Crippen LogP contribution is -2.40. The number of anilines is 1. The molecule has 2 N–H and O–H groups in total. The number of sulfone groups is 1. The molecule has 1 fully saturated rings. The molecular formula is C12H15N3O5S. The minimum absolute atomic E-state index is 0.132. The van der Waals surface area contributed by atoms with E-state index in [9.17, 15) is 23.3 Å². The molecule has 1 aliphatic heterocycles. The van der Waals surface area contributed by atoms with Gasteiger partial charge in [0, 0.05) is 18.9 Å². The van der Waals surface area contributed by atoms with E-state index in [2.05, 4.69) is 0 Å². The number of rotatable bonds is 4. The van der Waals surface area contributed by atoms with E-state index in [4.69, 9.17) is 5.73 Å². The number of nitrogens with two attached hydrogens (primary N) is 1. The van der Waals surface area contributed by atoms with E-state index in [1.54, 1.807) is 4.90 Å². The number of carbonyl (C=O) groups is 1. The van der Waals surface area contributed by atoms with Gasteiger partial charge in [0.05, 0.1) is 9.82 Å². The zero-order valence-corrected chi connectivity index (χ0v) is 12.2. The molecule has 1 amide bonds. The molecule has 1 aromatic rings. The molecular weight excluding hydrogens is 298 g/mol. The van der Waals surface area contributed by atoms with Crippen LogP contribution in [0.25, 0.3) is 0 Å². The molecule has 1 atom stereocenters. The molecule has 0 bridgehead atoms. The van der Waals surface area contributed by atoms with Gasteiger partial charge in [0.25, 0.3) is 5.69 Å². The van der Waals surface area contributed by atoms with Crippen molar-refractivity contribution in [1.82, 2.24) is 0 Å². The summed E-state index contributed by atoms with van der Waals surface area (Å²) in [6, 6.07) is 3.07. The molecule has 114 valence electrons. The maximum atomic E-state index is 11.5. The minimum atomic E-state index is -3.54. The number of nitro groups is 1. The number of carbonyl (C=O) groups excluding carboxylic acids is 1. The molecule has 1 aliphatic rings. The number of hydrogen-bond acceptors (Lipinski definition) is 6. The zero-order valence-electron chi connectivity index (χ0n) is 11.4. The largest absolute Gasteiger partial charge is 0.368 e. The van der Waals surface area contributed by atoms with Crippen LogP contribution in [-0.4, -0.2) is 38.1 Å². The van der Waals surface area contributed by atoms with E-state index >= 15 is 0 Å². The molecule has 0 spiro atoms. The Labute approximate surface area is 121 Å². The van der Waals surface area contributed by atoms with Crippen molar-refractivity contribution in [3.8, 4) is 0 Å². The summed E-state index contributed by atoms with van der Waals surface area (Å²) in [5, 5.41) is 11.2. The molecule has 0 radical (unpaired) electrons. The number of benzene rings is 1. The summed E-state index contributed by atoms with van der Waals surface area (Å²) in [5.74, 6) is -0.547. The maximum Gasteiger partial charge on any atom is 0.293 e. The number of primary amides is 1. The van der Waals surface area contributed by atoms with Crippen molar-refractivity contribution in [3.05, 3.63) is 28.3 Å². The van der Waals surface area contributed by atoms with Crippen molar-refractivity contribution in [2.75, 3.05) is 17.7 Å². The summed E-state index contributed by atoms with van der Waals surface area (Å²) in [7, 11) is -3.54. The van der Waals surface area contributed by atoms with Crippen LogP contribution in [0.3, 0.4) is 0 Å². The van der Waals surface area contributed by atoms with E-state index in [0.29, 0.717) is 19.4 Å². The first-order chi connectivity index (χ1) is 9.71. The minimum Gasteiger partial charge on any atom is -0.368 e. The second-order valence-electron chi connectivity index (χ2n) is 4.93. The number of nitrogens with zero attached hydrogens (tertiary/aromatic N) is 2. The number of amides is 1. The molecule has 8 nitrogen and oxygen atoms in total. The lowest BCUT2D eigenvalue weighted by atomic mass is 10.2. The van der Waals surface area contributed by atoms with Gasteiger partial charge in [-0.15, -0.1) is 0 Å².